The summed E-state index contributed by atoms with van der Waals surface area (Å²) in [6.45, 7) is 1.44. The van der Waals surface area contributed by atoms with Crippen LogP contribution in [0.3, 0.4) is 0 Å². The SMILES string of the molecule is COC(=O)NCCCCCCCCCCCCCCCCCCNC(=O)OC. The lowest BCUT2D eigenvalue weighted by atomic mass is 10.0. The van der Waals surface area contributed by atoms with Gasteiger partial charge in [-0.05, 0) is 12.8 Å². The fraction of sp³-hybridized carbons (Fsp3) is 0.909. The normalized spacial score (nSPS) is 10.5. The Bertz CT molecular complexity index is 330. The van der Waals surface area contributed by atoms with Gasteiger partial charge < -0.3 is 20.1 Å². The number of carbonyl (C=O) groups is 2. The monoisotopic (exact) mass is 400 g/mol. The molecule has 0 aromatic carbocycles. The second kappa shape index (κ2) is 21.8. The molecule has 0 fully saturated rings. The van der Waals surface area contributed by atoms with Gasteiger partial charge in [0.2, 0.25) is 0 Å². The number of carbonyl (C=O) groups excluding carboxylic acids is 2. The number of ether oxygens (including phenoxy) is 2. The van der Waals surface area contributed by atoms with Crippen molar-refractivity contribution in [3.8, 4) is 0 Å². The quantitative estimate of drug-likeness (QED) is 0.263. The number of methoxy groups -OCH3 is 2. The zero-order valence-electron chi connectivity index (χ0n) is 18.4. The minimum absolute atomic E-state index is 0.329. The summed E-state index contributed by atoms with van der Waals surface area (Å²) in [5.41, 5.74) is 0. The van der Waals surface area contributed by atoms with Crippen molar-refractivity contribution in [3.63, 3.8) is 0 Å². The third kappa shape index (κ3) is 20.8. The fourth-order valence-corrected chi connectivity index (χ4v) is 3.25. The summed E-state index contributed by atoms with van der Waals surface area (Å²) in [4.78, 5) is 21.7. The molecule has 0 aliphatic carbocycles. The van der Waals surface area contributed by atoms with Crippen LogP contribution in [-0.4, -0.2) is 39.5 Å². The molecule has 166 valence electrons. The number of hydrogen-bond donors (Lipinski definition) is 2. The van der Waals surface area contributed by atoms with Crippen LogP contribution < -0.4 is 10.6 Å². The van der Waals surface area contributed by atoms with Crippen molar-refractivity contribution in [3.05, 3.63) is 0 Å². The molecule has 2 N–H and O–H groups in total. The van der Waals surface area contributed by atoms with Crippen LogP contribution in [-0.2, 0) is 9.47 Å². The molecule has 0 saturated heterocycles. The molecule has 0 radical (unpaired) electrons. The van der Waals surface area contributed by atoms with E-state index < -0.39 is 0 Å². The van der Waals surface area contributed by atoms with Crippen LogP contribution in [0.15, 0.2) is 0 Å². The minimum Gasteiger partial charge on any atom is -0.453 e. The van der Waals surface area contributed by atoms with E-state index in [1.807, 2.05) is 0 Å². The Kier molecular flexibility index (Phi) is 20.7. The average molecular weight is 401 g/mol. The minimum atomic E-state index is -0.329. The summed E-state index contributed by atoms with van der Waals surface area (Å²) < 4.78 is 9.06. The maximum Gasteiger partial charge on any atom is 0.406 e. The maximum atomic E-state index is 10.9. The van der Waals surface area contributed by atoms with E-state index in [2.05, 4.69) is 20.1 Å². The molecule has 0 heterocycles. The van der Waals surface area contributed by atoms with Gasteiger partial charge in [-0.1, -0.05) is 89.9 Å². The van der Waals surface area contributed by atoms with Crippen molar-refractivity contribution in [2.24, 2.45) is 0 Å². The fourth-order valence-electron chi connectivity index (χ4n) is 3.25. The standard InChI is InChI=1S/C22H44N2O4/c1-27-21(25)23-19-17-15-13-11-9-7-5-3-4-6-8-10-12-14-16-18-20-24-22(26)28-2/h3-20H2,1-2H3,(H,23,25)(H,24,26). The first-order chi connectivity index (χ1) is 13.7. The van der Waals surface area contributed by atoms with Gasteiger partial charge in [-0.15, -0.1) is 0 Å². The Morgan fingerprint density at radius 1 is 0.464 bits per heavy atom. The highest BCUT2D eigenvalue weighted by Crippen LogP contribution is 2.13. The Morgan fingerprint density at radius 2 is 0.679 bits per heavy atom. The largest absolute Gasteiger partial charge is 0.453 e. The van der Waals surface area contributed by atoms with Gasteiger partial charge in [-0.2, -0.15) is 0 Å². The van der Waals surface area contributed by atoms with E-state index in [0.717, 1.165) is 25.9 Å². The molecule has 6 heteroatoms. The molecule has 0 aromatic heterocycles. The molecule has 0 aliphatic rings. The smallest absolute Gasteiger partial charge is 0.406 e. The van der Waals surface area contributed by atoms with E-state index >= 15 is 0 Å². The van der Waals surface area contributed by atoms with Crippen LogP contribution in [0.5, 0.6) is 0 Å². The first-order valence-electron chi connectivity index (χ1n) is 11.3. The van der Waals surface area contributed by atoms with Crippen LogP contribution >= 0.6 is 0 Å². The van der Waals surface area contributed by atoms with E-state index in [-0.39, 0.29) is 12.2 Å². The van der Waals surface area contributed by atoms with Crippen LogP contribution in [0.1, 0.15) is 103 Å². The summed E-state index contributed by atoms with van der Waals surface area (Å²) in [5.74, 6) is 0. The highest BCUT2D eigenvalue weighted by atomic mass is 16.5. The van der Waals surface area contributed by atoms with E-state index in [9.17, 15) is 9.59 Å². The van der Waals surface area contributed by atoms with Crippen molar-refractivity contribution in [2.75, 3.05) is 27.3 Å². The van der Waals surface area contributed by atoms with Crippen LogP contribution in [0.2, 0.25) is 0 Å². The third-order valence-electron chi connectivity index (χ3n) is 5.01. The molecule has 0 atom stereocenters. The lowest BCUT2D eigenvalue weighted by molar-refractivity contribution is 0.170. The number of alkyl carbamates (subject to hydrolysis) is 2. The van der Waals surface area contributed by atoms with Gasteiger partial charge in [0.25, 0.3) is 0 Å². The van der Waals surface area contributed by atoms with E-state index in [0.29, 0.717) is 0 Å². The third-order valence-corrected chi connectivity index (χ3v) is 5.01. The van der Waals surface area contributed by atoms with Gasteiger partial charge in [-0.3, -0.25) is 0 Å². The molecule has 0 spiro atoms. The lowest BCUT2D eigenvalue weighted by Crippen LogP contribution is -2.23. The second-order valence-electron chi connectivity index (χ2n) is 7.49. The molecule has 28 heavy (non-hydrogen) atoms. The van der Waals surface area contributed by atoms with Crippen LogP contribution in [0.25, 0.3) is 0 Å². The Hall–Kier alpha value is -1.46. The Morgan fingerprint density at radius 3 is 0.893 bits per heavy atom. The van der Waals surface area contributed by atoms with E-state index in [1.54, 1.807) is 0 Å². The zero-order valence-corrected chi connectivity index (χ0v) is 18.4. The molecule has 0 rings (SSSR count). The van der Waals surface area contributed by atoms with Gasteiger partial charge in [-0.25, -0.2) is 9.59 Å². The molecule has 6 nitrogen and oxygen atoms in total. The van der Waals surface area contributed by atoms with Crippen LogP contribution in [0.4, 0.5) is 9.59 Å². The molecule has 2 amide bonds. The van der Waals surface area contributed by atoms with Gasteiger partial charge in [0.05, 0.1) is 14.2 Å². The van der Waals surface area contributed by atoms with Crippen molar-refractivity contribution >= 4 is 12.2 Å². The van der Waals surface area contributed by atoms with Gasteiger partial charge in [0, 0.05) is 13.1 Å². The Labute approximate surface area is 172 Å². The summed E-state index contributed by atoms with van der Waals surface area (Å²) in [6.07, 6.45) is 19.9. The summed E-state index contributed by atoms with van der Waals surface area (Å²) in [6, 6.07) is 0. The maximum absolute atomic E-state index is 10.9. The van der Waals surface area contributed by atoms with E-state index in [4.69, 9.17) is 0 Å². The second-order valence-corrected chi connectivity index (χ2v) is 7.49. The Balaban J connectivity index is 3.05. The highest BCUT2D eigenvalue weighted by Gasteiger charge is 1.98. The molecule has 0 aliphatic heterocycles. The average Bonchev–Trinajstić information content (AvgIpc) is 2.71. The van der Waals surface area contributed by atoms with E-state index in [1.165, 1.54) is 104 Å². The molecule has 0 bridgehead atoms. The zero-order chi connectivity index (χ0) is 20.7. The van der Waals surface area contributed by atoms with Gasteiger partial charge in [0.1, 0.15) is 0 Å². The lowest BCUT2D eigenvalue weighted by Gasteiger charge is -2.05. The van der Waals surface area contributed by atoms with Gasteiger partial charge in [0.15, 0.2) is 0 Å². The molecular weight excluding hydrogens is 356 g/mol. The molecule has 0 saturated carbocycles. The van der Waals surface area contributed by atoms with Crippen molar-refractivity contribution in [1.29, 1.82) is 0 Å². The molecular formula is C22H44N2O4. The summed E-state index contributed by atoms with van der Waals surface area (Å²) in [5, 5.41) is 5.43. The number of hydrogen-bond acceptors (Lipinski definition) is 4. The molecule has 0 aromatic rings. The first-order valence-corrected chi connectivity index (χ1v) is 11.3. The predicted octanol–water partition coefficient (Wildman–Crippen LogP) is 5.94. The van der Waals surface area contributed by atoms with Gasteiger partial charge >= 0.3 is 12.2 Å². The van der Waals surface area contributed by atoms with Crippen molar-refractivity contribution in [2.45, 2.75) is 103 Å². The van der Waals surface area contributed by atoms with Crippen molar-refractivity contribution in [1.82, 2.24) is 10.6 Å². The predicted molar refractivity (Wildman–Crippen MR) is 115 cm³/mol. The number of unbranched alkanes of at least 4 members (excludes halogenated alkanes) is 15. The van der Waals surface area contributed by atoms with Crippen molar-refractivity contribution < 1.29 is 19.1 Å². The first kappa shape index (κ1) is 26.5. The molecule has 0 unspecified atom stereocenters. The number of nitrogens with one attached hydrogen (secondary N) is 2. The highest BCUT2D eigenvalue weighted by molar-refractivity contribution is 5.67. The number of rotatable bonds is 19. The summed E-state index contributed by atoms with van der Waals surface area (Å²) >= 11 is 0. The van der Waals surface area contributed by atoms with Crippen LogP contribution in [0, 0.1) is 0 Å². The summed E-state index contributed by atoms with van der Waals surface area (Å²) in [7, 11) is 2.79. The number of amides is 2. The topological polar surface area (TPSA) is 76.7 Å².